The number of nitrogens with two attached hydrogens (primary N) is 1. The Morgan fingerprint density at radius 1 is 0.970 bits per heavy atom. The summed E-state index contributed by atoms with van der Waals surface area (Å²) in [6, 6.07) is 0. The first-order chi connectivity index (χ1) is 16.1. The van der Waals surface area contributed by atoms with Gasteiger partial charge in [-0.15, -0.1) is 0 Å². The van der Waals surface area contributed by atoms with E-state index in [1.54, 1.807) is 0 Å². The number of unbranched alkanes of at least 4 members (excludes halogenated alkanes) is 2. The lowest BCUT2D eigenvalue weighted by molar-refractivity contribution is -0.121. The molecule has 2 fully saturated rings. The van der Waals surface area contributed by atoms with Crippen LogP contribution >= 0.6 is 18.7 Å². The van der Waals surface area contributed by atoms with Crippen molar-refractivity contribution in [2.24, 2.45) is 5.73 Å². The van der Waals surface area contributed by atoms with Crippen LogP contribution < -0.4 is 11.1 Å². The van der Waals surface area contributed by atoms with Gasteiger partial charge in [-0.2, -0.15) is 0 Å². The number of carbonyl (C=O) groups is 1. The van der Waals surface area contributed by atoms with Crippen molar-refractivity contribution in [1.29, 1.82) is 0 Å². The number of carbonyl (C=O) groups excluding carboxylic acids is 1. The van der Waals surface area contributed by atoms with Crippen LogP contribution in [0.3, 0.4) is 0 Å². The summed E-state index contributed by atoms with van der Waals surface area (Å²) in [5, 5.41) is 4.38. The molecule has 10 heteroatoms. The maximum Gasteiger partial charge on any atom is 0.219 e. The van der Waals surface area contributed by atoms with E-state index in [1.165, 1.54) is 0 Å². The van der Waals surface area contributed by atoms with Crippen molar-refractivity contribution in [1.82, 2.24) is 5.32 Å². The highest BCUT2D eigenvalue weighted by molar-refractivity contribution is 9.19. The Morgan fingerprint density at radius 3 is 2.33 bits per heavy atom. The lowest BCUT2D eigenvalue weighted by atomic mass is 10.1. The summed E-state index contributed by atoms with van der Waals surface area (Å²) in [5.74, 6) is 1.21. The predicted octanol–water partition coefficient (Wildman–Crippen LogP) is 3.92. The molecule has 0 aliphatic carbocycles. The molecule has 0 radical (unpaired) electrons. The number of hydrogen-bond donors (Lipinski definition) is 3. The molecule has 0 aromatic heterocycles. The summed E-state index contributed by atoms with van der Waals surface area (Å²) in [6.07, 6.45) is 8.54. The van der Waals surface area contributed by atoms with Crippen molar-refractivity contribution in [3.05, 3.63) is 0 Å². The minimum absolute atomic E-state index is 0.111. The molecule has 4 N–H and O–H groups in total. The topological polar surface area (TPSA) is 112 Å². The summed E-state index contributed by atoms with van der Waals surface area (Å²) in [6.45, 7) is 7.85. The van der Waals surface area contributed by atoms with E-state index in [4.69, 9.17) is 24.1 Å². The van der Waals surface area contributed by atoms with Crippen LogP contribution in [0.5, 0.6) is 0 Å². The minimum atomic E-state index is -1.47. The van der Waals surface area contributed by atoms with Gasteiger partial charge in [-0.25, -0.2) is 0 Å². The van der Waals surface area contributed by atoms with Crippen molar-refractivity contribution in [2.45, 2.75) is 70.0 Å². The molecular weight excluding hydrogens is 464 g/mol. The largest absolute Gasteiger partial charge is 0.379 e. The number of ether oxygens (including phenoxy) is 3. The highest BCUT2D eigenvalue weighted by Gasteiger charge is 2.67. The zero-order valence-electron chi connectivity index (χ0n) is 20.6. The molecule has 3 unspecified atom stereocenters. The highest BCUT2D eigenvalue weighted by atomic mass is 33.3. The quantitative estimate of drug-likeness (QED) is 0.114. The molecule has 2 heterocycles. The number of amides is 1. The lowest BCUT2D eigenvalue weighted by Gasteiger charge is -2.25. The van der Waals surface area contributed by atoms with Gasteiger partial charge in [0, 0.05) is 37.2 Å². The first-order valence-corrected chi connectivity index (χ1v) is 17.0. The van der Waals surface area contributed by atoms with E-state index in [0.29, 0.717) is 64.4 Å². The van der Waals surface area contributed by atoms with Gasteiger partial charge in [0.15, 0.2) is 0 Å². The van der Waals surface area contributed by atoms with Crippen molar-refractivity contribution >= 4 is 24.6 Å². The average molecular weight is 513 g/mol. The number of fused-ring (bicyclic) bond motifs is 1. The molecular formula is C23H48N2O6S2. The summed E-state index contributed by atoms with van der Waals surface area (Å²) < 4.78 is 33.5. The molecule has 33 heavy (non-hydrogen) atoms. The molecule has 2 saturated heterocycles. The second-order valence-corrected chi connectivity index (χ2v) is 17.4. The molecule has 0 aromatic carbocycles. The van der Waals surface area contributed by atoms with E-state index in [0.717, 1.165) is 68.8 Å². The Morgan fingerprint density at radius 2 is 1.67 bits per heavy atom. The van der Waals surface area contributed by atoms with Gasteiger partial charge in [0.1, 0.15) is 0 Å². The molecule has 3 atom stereocenters. The van der Waals surface area contributed by atoms with Crippen molar-refractivity contribution in [2.75, 3.05) is 70.2 Å². The lowest BCUT2D eigenvalue weighted by Crippen LogP contribution is -2.25. The third-order valence-electron chi connectivity index (χ3n) is 6.08. The molecule has 2 rings (SSSR count). The van der Waals surface area contributed by atoms with E-state index >= 15 is 0 Å². The smallest absolute Gasteiger partial charge is 0.219 e. The van der Waals surface area contributed by atoms with E-state index < -0.39 is 18.7 Å². The molecule has 0 spiro atoms. The van der Waals surface area contributed by atoms with Crippen molar-refractivity contribution in [3.63, 3.8) is 0 Å². The Bertz CT molecular complexity index is 543. The third-order valence-corrected chi connectivity index (χ3v) is 17.2. The minimum Gasteiger partial charge on any atom is -0.379 e. The molecule has 0 bridgehead atoms. The summed E-state index contributed by atoms with van der Waals surface area (Å²) in [5.41, 5.74) is 5.39. The van der Waals surface area contributed by atoms with Crippen molar-refractivity contribution < 1.29 is 27.7 Å². The number of hydrogen-bond acceptors (Lipinski definition) is 7. The standard InChI is InChI=1S/C23H48N2O6S2/c1-2-3-15-31-32-20-10-22(33(32,27)21-32)8-4-5-9-23(26)25-12-7-14-29-17-19-30-18-16-28-13-6-11-24/h22,27H,2-21,24H2,1H3,(H,25,26). The Hall–Kier alpha value is -0.0700. The van der Waals surface area contributed by atoms with Gasteiger partial charge in [-0.1, -0.05) is 38.4 Å². The number of rotatable bonds is 22. The maximum atomic E-state index is 12.0. The van der Waals surface area contributed by atoms with Crippen LogP contribution in [0.25, 0.3) is 0 Å². The molecule has 2 aliphatic heterocycles. The van der Waals surface area contributed by atoms with Gasteiger partial charge >= 0.3 is 0 Å². The predicted molar refractivity (Wildman–Crippen MR) is 139 cm³/mol. The number of nitrogens with one attached hydrogen (secondary N) is 1. The fourth-order valence-electron chi connectivity index (χ4n) is 4.02. The van der Waals surface area contributed by atoms with Gasteiger partial charge in [0.25, 0.3) is 0 Å². The summed E-state index contributed by atoms with van der Waals surface area (Å²) >= 11 is 0. The van der Waals surface area contributed by atoms with Crippen LogP contribution in [0.1, 0.15) is 64.7 Å². The van der Waals surface area contributed by atoms with Crippen LogP contribution in [0, 0.1) is 0 Å². The molecule has 198 valence electrons. The van der Waals surface area contributed by atoms with Crippen LogP contribution in [-0.4, -0.2) is 85.9 Å². The molecule has 1 amide bonds. The van der Waals surface area contributed by atoms with E-state index in [-0.39, 0.29) is 5.91 Å². The van der Waals surface area contributed by atoms with Gasteiger partial charge in [0.05, 0.1) is 38.1 Å². The van der Waals surface area contributed by atoms with Crippen LogP contribution in [-0.2, 0) is 23.2 Å². The second-order valence-electron chi connectivity index (χ2n) is 8.77. The first-order valence-electron chi connectivity index (χ1n) is 12.7. The second kappa shape index (κ2) is 16.6. The Kier molecular flexibility index (Phi) is 14.6. The van der Waals surface area contributed by atoms with Gasteiger partial charge < -0.3 is 34.0 Å². The zero-order valence-corrected chi connectivity index (χ0v) is 22.2. The highest BCUT2D eigenvalue weighted by Crippen LogP contribution is 3.03. The SMILES string of the molecule is CCCCOS12CCC(CCCCC(=O)NCCCOCCOCCOCCCN)S1(O)C2. The van der Waals surface area contributed by atoms with Gasteiger partial charge in [-0.3, -0.25) is 4.79 Å². The first kappa shape index (κ1) is 29.2. The molecule has 8 nitrogen and oxygen atoms in total. The molecule has 2 aliphatic rings. The zero-order chi connectivity index (χ0) is 23.8. The Labute approximate surface area is 203 Å². The summed E-state index contributed by atoms with van der Waals surface area (Å²) in [7, 11) is -2.58. The van der Waals surface area contributed by atoms with E-state index in [9.17, 15) is 9.35 Å². The third kappa shape index (κ3) is 10.2. The van der Waals surface area contributed by atoms with Crippen LogP contribution in [0.2, 0.25) is 0 Å². The fourth-order valence-corrected chi connectivity index (χ4v) is 16.5. The van der Waals surface area contributed by atoms with Crippen LogP contribution in [0.4, 0.5) is 0 Å². The van der Waals surface area contributed by atoms with Crippen molar-refractivity contribution in [3.8, 4) is 0 Å². The molecule has 0 saturated carbocycles. The van der Waals surface area contributed by atoms with Gasteiger partial charge in [-0.05, 0) is 45.1 Å². The normalized spacial score (nSPS) is 29.7. The maximum absolute atomic E-state index is 12.0. The average Bonchev–Trinajstić information content (AvgIpc) is 3.31. The van der Waals surface area contributed by atoms with E-state index in [1.807, 2.05) is 0 Å². The molecule has 0 aromatic rings. The monoisotopic (exact) mass is 512 g/mol. The van der Waals surface area contributed by atoms with E-state index in [2.05, 4.69) is 12.2 Å². The van der Waals surface area contributed by atoms with Gasteiger partial charge in [0.2, 0.25) is 5.91 Å². The fraction of sp³-hybridized carbons (Fsp3) is 0.957. The van der Waals surface area contributed by atoms with Crippen LogP contribution in [0.15, 0.2) is 0 Å². The Balaban J connectivity index is 1.36. The summed E-state index contributed by atoms with van der Waals surface area (Å²) in [4.78, 5) is 12.0.